The molecule has 4 rings (SSSR count). The summed E-state index contributed by atoms with van der Waals surface area (Å²) in [5.41, 5.74) is 2.31. The fourth-order valence-electron chi connectivity index (χ4n) is 4.42. The highest BCUT2D eigenvalue weighted by Gasteiger charge is 2.30. The second-order valence-electron chi connectivity index (χ2n) is 11.2. The number of nitrogens with zero attached hydrogens (tertiary/aromatic N) is 4. The zero-order valence-electron chi connectivity index (χ0n) is 22.6. The van der Waals surface area contributed by atoms with E-state index in [0.29, 0.717) is 36.8 Å². The molecule has 1 saturated heterocycles. The summed E-state index contributed by atoms with van der Waals surface area (Å²) < 4.78 is 13.2. The highest BCUT2D eigenvalue weighted by molar-refractivity contribution is 6.76. The summed E-state index contributed by atoms with van der Waals surface area (Å²) in [7, 11) is -1.14. The van der Waals surface area contributed by atoms with E-state index in [-0.39, 0.29) is 30.7 Å². The highest BCUT2D eigenvalue weighted by Crippen LogP contribution is 2.19. The van der Waals surface area contributed by atoms with E-state index in [1.807, 2.05) is 47.2 Å². The molecule has 3 aromatic rings. The molecule has 0 saturated carbocycles. The minimum absolute atomic E-state index is 0.200. The zero-order valence-corrected chi connectivity index (χ0v) is 23.6. The Balaban J connectivity index is 1.27. The van der Waals surface area contributed by atoms with Crippen LogP contribution in [0.3, 0.4) is 0 Å². The maximum absolute atomic E-state index is 12.7. The molecule has 1 aromatic carbocycles. The first-order valence-electron chi connectivity index (χ1n) is 13.1. The van der Waals surface area contributed by atoms with Gasteiger partial charge in [0, 0.05) is 40.0 Å². The van der Waals surface area contributed by atoms with Crippen LogP contribution in [0.2, 0.25) is 25.7 Å². The topological polar surface area (TPSA) is 111 Å². The molecule has 0 spiro atoms. The first-order chi connectivity index (χ1) is 18.2. The second-order valence-corrected chi connectivity index (χ2v) is 16.8. The van der Waals surface area contributed by atoms with Crippen LogP contribution in [-0.2, 0) is 22.8 Å². The van der Waals surface area contributed by atoms with Crippen LogP contribution in [0.25, 0.3) is 11.2 Å². The lowest BCUT2D eigenvalue weighted by Crippen LogP contribution is -2.53. The number of rotatable bonds is 9. The van der Waals surface area contributed by atoms with Gasteiger partial charge in [-0.15, -0.1) is 0 Å². The lowest BCUT2D eigenvalue weighted by Gasteiger charge is -2.36. The van der Waals surface area contributed by atoms with E-state index in [4.69, 9.17) is 9.47 Å². The van der Waals surface area contributed by atoms with Crippen molar-refractivity contribution in [3.05, 3.63) is 54.4 Å². The summed E-state index contributed by atoms with van der Waals surface area (Å²) in [6.07, 6.45) is 3.81. The Bertz CT molecular complexity index is 1230. The van der Waals surface area contributed by atoms with Crippen molar-refractivity contribution in [1.29, 1.82) is 0 Å². The normalized spacial score (nSPS) is 17.8. The van der Waals surface area contributed by atoms with Crippen molar-refractivity contribution in [2.24, 2.45) is 5.92 Å². The predicted octanol–water partition coefficient (Wildman–Crippen LogP) is 4.91. The van der Waals surface area contributed by atoms with E-state index >= 15 is 0 Å². The number of aromatic nitrogens is 3. The first-order valence-corrected chi connectivity index (χ1v) is 16.8. The Morgan fingerprint density at radius 2 is 1.92 bits per heavy atom. The Hall–Kier alpha value is -3.44. The van der Waals surface area contributed by atoms with Crippen molar-refractivity contribution in [3.63, 3.8) is 0 Å². The van der Waals surface area contributed by atoms with Gasteiger partial charge in [-0.3, -0.25) is 5.32 Å². The molecule has 0 unspecified atom stereocenters. The van der Waals surface area contributed by atoms with Gasteiger partial charge in [0.05, 0.1) is 6.20 Å². The highest BCUT2D eigenvalue weighted by atomic mass is 28.3. The Morgan fingerprint density at radius 1 is 1.13 bits per heavy atom. The number of likely N-dealkylation sites (tertiary alicyclic amines) is 1. The molecule has 3 amide bonds. The molecule has 38 heavy (non-hydrogen) atoms. The number of urea groups is 1. The molecular formula is C27H38N6O4Si. The van der Waals surface area contributed by atoms with Gasteiger partial charge in [-0.25, -0.2) is 19.6 Å². The summed E-state index contributed by atoms with van der Waals surface area (Å²) in [5, 5.41) is 5.74. The SMILES string of the molecule is C[C@@H]1C[C@@H](NC(=O)Nc2cnc3c(ccn3COCC[Si](C)(C)C)n2)CN(C(=O)OCc2ccccc2)C1. The van der Waals surface area contributed by atoms with Gasteiger partial charge in [-0.2, -0.15) is 0 Å². The molecule has 3 heterocycles. The van der Waals surface area contributed by atoms with Crippen LogP contribution in [0, 0.1) is 5.92 Å². The molecule has 1 fully saturated rings. The number of piperidine rings is 1. The van der Waals surface area contributed by atoms with E-state index in [1.54, 1.807) is 4.90 Å². The Morgan fingerprint density at radius 3 is 2.68 bits per heavy atom. The number of amides is 3. The van der Waals surface area contributed by atoms with Gasteiger partial charge < -0.3 is 24.3 Å². The van der Waals surface area contributed by atoms with E-state index < -0.39 is 8.07 Å². The minimum atomic E-state index is -1.14. The average molecular weight is 539 g/mol. The lowest BCUT2D eigenvalue weighted by molar-refractivity contribution is 0.0739. The van der Waals surface area contributed by atoms with Crippen LogP contribution >= 0.6 is 0 Å². The molecule has 10 nitrogen and oxygen atoms in total. The van der Waals surface area contributed by atoms with Gasteiger partial charge in [-0.05, 0) is 30.0 Å². The lowest BCUT2D eigenvalue weighted by atomic mass is 9.96. The standard InChI is InChI=1S/C27H38N6O4Si/c1-20-14-22(17-33(16-20)27(35)37-18-21-8-6-5-7-9-21)29-26(34)31-24-15-28-25-23(30-24)10-11-32(25)19-36-12-13-38(2,3)4/h5-11,15,20,22H,12-14,16-19H2,1-4H3,(H2,29,30,31,34)/t20-,22-/m1/s1. The number of carbonyl (C=O) groups excluding carboxylic acids is 2. The molecule has 204 valence electrons. The summed E-state index contributed by atoms with van der Waals surface area (Å²) >= 11 is 0. The summed E-state index contributed by atoms with van der Waals surface area (Å²) in [5.74, 6) is 0.581. The third kappa shape index (κ3) is 8.03. The summed E-state index contributed by atoms with van der Waals surface area (Å²) in [4.78, 5) is 36.0. The number of hydrogen-bond acceptors (Lipinski definition) is 6. The molecule has 0 aliphatic carbocycles. The number of fused-ring (bicyclic) bond motifs is 1. The molecular weight excluding hydrogens is 500 g/mol. The van der Waals surface area contributed by atoms with E-state index in [2.05, 4.69) is 47.2 Å². The van der Waals surface area contributed by atoms with Gasteiger partial charge >= 0.3 is 12.1 Å². The van der Waals surface area contributed by atoms with E-state index in [9.17, 15) is 9.59 Å². The number of hydrogen-bond donors (Lipinski definition) is 2. The minimum Gasteiger partial charge on any atom is -0.445 e. The fraction of sp³-hybridized carbons (Fsp3) is 0.481. The van der Waals surface area contributed by atoms with Crippen LogP contribution in [0.5, 0.6) is 0 Å². The average Bonchev–Trinajstić information content (AvgIpc) is 3.27. The van der Waals surface area contributed by atoms with Gasteiger partial charge in [0.15, 0.2) is 11.5 Å². The van der Waals surface area contributed by atoms with Crippen LogP contribution in [0.1, 0.15) is 18.9 Å². The van der Waals surface area contributed by atoms with Crippen LogP contribution in [0.4, 0.5) is 15.4 Å². The van der Waals surface area contributed by atoms with Crippen molar-refractivity contribution >= 4 is 37.2 Å². The predicted molar refractivity (Wildman–Crippen MR) is 150 cm³/mol. The van der Waals surface area contributed by atoms with E-state index in [1.165, 1.54) is 6.20 Å². The van der Waals surface area contributed by atoms with Gasteiger partial charge in [-0.1, -0.05) is 56.9 Å². The molecule has 0 radical (unpaired) electrons. The van der Waals surface area contributed by atoms with Crippen molar-refractivity contribution in [2.75, 3.05) is 25.0 Å². The molecule has 2 aromatic heterocycles. The number of nitrogens with one attached hydrogen (secondary N) is 2. The summed E-state index contributed by atoms with van der Waals surface area (Å²) in [6.45, 7) is 11.4. The molecule has 0 bridgehead atoms. The summed E-state index contributed by atoms with van der Waals surface area (Å²) in [6, 6.07) is 11.9. The molecule has 1 aliphatic heterocycles. The quantitative estimate of drug-likeness (QED) is 0.296. The van der Waals surface area contributed by atoms with Crippen LogP contribution in [-0.4, -0.2) is 65.4 Å². The monoisotopic (exact) mass is 538 g/mol. The molecule has 11 heteroatoms. The van der Waals surface area contributed by atoms with Crippen LogP contribution in [0.15, 0.2) is 48.8 Å². The van der Waals surface area contributed by atoms with Crippen molar-refractivity contribution in [1.82, 2.24) is 24.8 Å². The van der Waals surface area contributed by atoms with Crippen molar-refractivity contribution < 1.29 is 19.1 Å². The van der Waals surface area contributed by atoms with Crippen LogP contribution < -0.4 is 10.6 Å². The van der Waals surface area contributed by atoms with Gasteiger partial charge in [0.25, 0.3) is 0 Å². The Labute approximate surface area is 224 Å². The third-order valence-corrected chi connectivity index (χ3v) is 8.09. The number of benzene rings is 1. The molecule has 2 N–H and O–H groups in total. The second kappa shape index (κ2) is 12.4. The molecule has 2 atom stereocenters. The Kier molecular flexibility index (Phi) is 9.00. The first kappa shape index (κ1) is 27.6. The number of carbonyl (C=O) groups is 2. The number of ether oxygens (including phenoxy) is 2. The van der Waals surface area contributed by atoms with Crippen molar-refractivity contribution in [2.45, 2.75) is 58.4 Å². The maximum Gasteiger partial charge on any atom is 0.410 e. The third-order valence-electron chi connectivity index (χ3n) is 6.39. The smallest absolute Gasteiger partial charge is 0.410 e. The molecule has 1 aliphatic rings. The van der Waals surface area contributed by atoms with Crippen molar-refractivity contribution in [3.8, 4) is 0 Å². The van der Waals surface area contributed by atoms with Gasteiger partial charge in [0.2, 0.25) is 0 Å². The zero-order chi connectivity index (χ0) is 27.1. The number of anilines is 1. The fourth-order valence-corrected chi connectivity index (χ4v) is 5.18. The van der Waals surface area contributed by atoms with Gasteiger partial charge in [0.1, 0.15) is 18.9 Å². The largest absolute Gasteiger partial charge is 0.445 e. The van der Waals surface area contributed by atoms with E-state index in [0.717, 1.165) is 24.6 Å². The maximum atomic E-state index is 12.7.